The van der Waals surface area contributed by atoms with Gasteiger partial charge in [0.2, 0.25) is 0 Å². The zero-order chi connectivity index (χ0) is 8.20. The van der Waals surface area contributed by atoms with Crippen molar-refractivity contribution in [3.63, 3.8) is 0 Å². The van der Waals surface area contributed by atoms with Gasteiger partial charge in [0.1, 0.15) is 6.61 Å². The zero-order valence-corrected chi connectivity index (χ0v) is 7.23. The summed E-state index contributed by atoms with van der Waals surface area (Å²) in [6.45, 7) is 6.12. The molecule has 2 heteroatoms. The first-order chi connectivity index (χ1) is 4.54. The van der Waals surface area contributed by atoms with Gasteiger partial charge in [0.15, 0.2) is 5.78 Å². The highest BCUT2D eigenvalue weighted by atomic mass is 16.5. The topological polar surface area (TPSA) is 26.3 Å². The first-order valence-corrected chi connectivity index (χ1v) is 3.57. The highest BCUT2D eigenvalue weighted by Gasteiger charge is 2.24. The van der Waals surface area contributed by atoms with Crippen LogP contribution in [0.2, 0.25) is 0 Å². The summed E-state index contributed by atoms with van der Waals surface area (Å²) in [7, 11) is 1.55. The maximum atomic E-state index is 11.2. The summed E-state index contributed by atoms with van der Waals surface area (Å²) in [5.41, 5.74) is -0.212. The van der Waals surface area contributed by atoms with Crippen molar-refractivity contribution in [1.29, 1.82) is 0 Å². The molecule has 0 aromatic carbocycles. The molecule has 0 atom stereocenters. The molecule has 0 aliphatic carbocycles. The monoisotopic (exact) mass is 144 g/mol. The van der Waals surface area contributed by atoms with E-state index < -0.39 is 0 Å². The summed E-state index contributed by atoms with van der Waals surface area (Å²) in [5, 5.41) is 0. The molecule has 0 N–H and O–H groups in total. The van der Waals surface area contributed by atoms with Crippen LogP contribution in [0.5, 0.6) is 0 Å². The fourth-order valence-corrected chi connectivity index (χ4v) is 0.524. The van der Waals surface area contributed by atoms with E-state index >= 15 is 0 Å². The van der Waals surface area contributed by atoms with E-state index in [2.05, 4.69) is 0 Å². The number of hydrogen-bond acceptors (Lipinski definition) is 2. The molecule has 0 rings (SSSR count). The summed E-state index contributed by atoms with van der Waals surface area (Å²) in [6, 6.07) is 0. The molecule has 60 valence electrons. The standard InChI is InChI=1S/C8H16O2/c1-5-8(2,3)7(9)6-10-4/h5-6H2,1-4H3. The van der Waals surface area contributed by atoms with Gasteiger partial charge in [-0.1, -0.05) is 20.8 Å². The first-order valence-electron chi connectivity index (χ1n) is 3.57. The molecule has 2 nitrogen and oxygen atoms in total. The van der Waals surface area contributed by atoms with E-state index in [1.165, 1.54) is 0 Å². The van der Waals surface area contributed by atoms with Gasteiger partial charge in [-0.3, -0.25) is 4.79 Å². The molecule has 0 aliphatic heterocycles. The van der Waals surface area contributed by atoms with Crippen LogP contribution in [0.3, 0.4) is 0 Å². The van der Waals surface area contributed by atoms with Crippen LogP contribution in [0.25, 0.3) is 0 Å². The van der Waals surface area contributed by atoms with E-state index in [4.69, 9.17) is 4.74 Å². The highest BCUT2D eigenvalue weighted by molar-refractivity contribution is 5.85. The van der Waals surface area contributed by atoms with Gasteiger partial charge in [-0.2, -0.15) is 0 Å². The number of ether oxygens (including phenoxy) is 1. The second kappa shape index (κ2) is 3.71. The lowest BCUT2D eigenvalue weighted by molar-refractivity contribution is -0.131. The second-order valence-electron chi connectivity index (χ2n) is 3.09. The van der Waals surface area contributed by atoms with Crippen LogP contribution in [0.15, 0.2) is 0 Å². The number of rotatable bonds is 4. The van der Waals surface area contributed by atoms with Gasteiger partial charge < -0.3 is 4.74 Å². The van der Waals surface area contributed by atoms with E-state index in [1.807, 2.05) is 20.8 Å². The quantitative estimate of drug-likeness (QED) is 0.599. The van der Waals surface area contributed by atoms with E-state index in [-0.39, 0.29) is 17.8 Å². The molecule has 0 heterocycles. The number of carbonyl (C=O) groups excluding carboxylic acids is 1. The van der Waals surface area contributed by atoms with Gasteiger partial charge in [-0.25, -0.2) is 0 Å². The fraction of sp³-hybridized carbons (Fsp3) is 0.875. The number of carbonyl (C=O) groups is 1. The van der Waals surface area contributed by atoms with Crippen LogP contribution in [0.4, 0.5) is 0 Å². The summed E-state index contributed by atoms with van der Waals surface area (Å²) in [6.07, 6.45) is 0.870. The summed E-state index contributed by atoms with van der Waals surface area (Å²) >= 11 is 0. The molecule has 10 heavy (non-hydrogen) atoms. The lowest BCUT2D eigenvalue weighted by Gasteiger charge is -2.19. The van der Waals surface area contributed by atoms with Crippen molar-refractivity contribution in [1.82, 2.24) is 0 Å². The molecule has 0 aliphatic rings. The minimum atomic E-state index is -0.212. The Morgan fingerprint density at radius 3 is 2.30 bits per heavy atom. The molecule has 0 radical (unpaired) electrons. The molecule has 0 unspecified atom stereocenters. The number of methoxy groups -OCH3 is 1. The third-order valence-corrected chi connectivity index (χ3v) is 1.91. The average Bonchev–Trinajstić information content (AvgIpc) is 1.89. The van der Waals surface area contributed by atoms with E-state index in [9.17, 15) is 4.79 Å². The van der Waals surface area contributed by atoms with Crippen molar-refractivity contribution >= 4 is 5.78 Å². The normalized spacial score (nSPS) is 11.6. The molecule has 0 spiro atoms. The maximum absolute atomic E-state index is 11.2. The van der Waals surface area contributed by atoms with Crippen LogP contribution in [-0.2, 0) is 9.53 Å². The number of Topliss-reactive ketones (excluding diaryl/α,β-unsaturated/α-hetero) is 1. The van der Waals surface area contributed by atoms with Crippen LogP contribution >= 0.6 is 0 Å². The predicted molar refractivity (Wildman–Crippen MR) is 41.0 cm³/mol. The third-order valence-electron chi connectivity index (χ3n) is 1.91. The molecular formula is C8H16O2. The van der Waals surface area contributed by atoms with Crippen molar-refractivity contribution in [2.75, 3.05) is 13.7 Å². The molecule has 0 saturated carbocycles. The summed E-state index contributed by atoms with van der Waals surface area (Å²) < 4.78 is 4.74. The smallest absolute Gasteiger partial charge is 0.163 e. The maximum Gasteiger partial charge on any atom is 0.163 e. The van der Waals surface area contributed by atoms with Crippen molar-refractivity contribution in [3.05, 3.63) is 0 Å². The minimum Gasteiger partial charge on any atom is -0.377 e. The van der Waals surface area contributed by atoms with Gasteiger partial charge in [-0.15, -0.1) is 0 Å². The Bertz CT molecular complexity index is 116. The Balaban J connectivity index is 3.91. The van der Waals surface area contributed by atoms with Gasteiger partial charge in [0.25, 0.3) is 0 Å². The Morgan fingerprint density at radius 2 is 2.00 bits per heavy atom. The molecule has 0 bridgehead atoms. The van der Waals surface area contributed by atoms with Gasteiger partial charge >= 0.3 is 0 Å². The van der Waals surface area contributed by atoms with Crippen LogP contribution < -0.4 is 0 Å². The Morgan fingerprint density at radius 1 is 1.50 bits per heavy atom. The van der Waals surface area contributed by atoms with Crippen LogP contribution in [0.1, 0.15) is 27.2 Å². The highest BCUT2D eigenvalue weighted by Crippen LogP contribution is 2.20. The van der Waals surface area contributed by atoms with Crippen molar-refractivity contribution in [2.24, 2.45) is 5.41 Å². The van der Waals surface area contributed by atoms with E-state index in [0.29, 0.717) is 0 Å². The SMILES string of the molecule is CCC(C)(C)C(=O)COC. The molecular weight excluding hydrogens is 128 g/mol. The number of hydrogen-bond donors (Lipinski definition) is 0. The van der Waals surface area contributed by atoms with Crippen molar-refractivity contribution in [2.45, 2.75) is 27.2 Å². The average molecular weight is 144 g/mol. The fourth-order valence-electron chi connectivity index (χ4n) is 0.524. The molecule has 0 aromatic rings. The molecule has 0 aromatic heterocycles. The van der Waals surface area contributed by atoms with Crippen LogP contribution in [0, 0.1) is 5.41 Å². The summed E-state index contributed by atoms with van der Waals surface area (Å²) in [5.74, 6) is 0.178. The zero-order valence-electron chi connectivity index (χ0n) is 7.23. The minimum absolute atomic E-state index is 0.178. The lowest BCUT2D eigenvalue weighted by atomic mass is 9.86. The number of ketones is 1. The Labute approximate surface area is 62.6 Å². The summed E-state index contributed by atoms with van der Waals surface area (Å²) in [4.78, 5) is 11.2. The molecule has 0 saturated heterocycles. The van der Waals surface area contributed by atoms with Gasteiger partial charge in [-0.05, 0) is 6.42 Å². The van der Waals surface area contributed by atoms with Crippen molar-refractivity contribution in [3.8, 4) is 0 Å². The van der Waals surface area contributed by atoms with E-state index in [0.717, 1.165) is 6.42 Å². The predicted octanol–water partition coefficient (Wildman–Crippen LogP) is 1.64. The van der Waals surface area contributed by atoms with Crippen molar-refractivity contribution < 1.29 is 9.53 Å². The first kappa shape index (κ1) is 9.63. The largest absolute Gasteiger partial charge is 0.377 e. The molecule has 0 fully saturated rings. The Kier molecular flexibility index (Phi) is 3.58. The van der Waals surface area contributed by atoms with E-state index in [1.54, 1.807) is 7.11 Å². The Hall–Kier alpha value is -0.370. The lowest BCUT2D eigenvalue weighted by Crippen LogP contribution is -2.26. The van der Waals surface area contributed by atoms with Gasteiger partial charge in [0, 0.05) is 12.5 Å². The second-order valence-corrected chi connectivity index (χ2v) is 3.09. The van der Waals surface area contributed by atoms with Gasteiger partial charge in [0.05, 0.1) is 0 Å². The molecule has 0 amide bonds. The third kappa shape index (κ3) is 2.48. The van der Waals surface area contributed by atoms with Crippen LogP contribution in [-0.4, -0.2) is 19.5 Å².